The zero-order valence-corrected chi connectivity index (χ0v) is 16.9. The molecule has 1 aliphatic heterocycles. The smallest absolute Gasteiger partial charge is 0.254 e. The van der Waals surface area contributed by atoms with Crippen molar-refractivity contribution in [1.82, 2.24) is 10.2 Å². The normalized spacial score (nSPS) is 14.9. The van der Waals surface area contributed by atoms with E-state index in [0.29, 0.717) is 28.7 Å². The van der Waals surface area contributed by atoms with Crippen LogP contribution in [0.3, 0.4) is 0 Å². The minimum absolute atomic E-state index is 0.0130. The average Bonchev–Trinajstić information content (AvgIpc) is 2.67. The maximum Gasteiger partial charge on any atom is 0.254 e. The standard InChI is InChI=1S/C20H31ClN2O3/c1-4-6-12-26-19-17(21)13-15(14-18(19)25-3)20(24)23(11-5-2)16-7-9-22-10-8-16/h13-14,16,22H,4-12H2,1-3H3. The van der Waals surface area contributed by atoms with Crippen molar-refractivity contribution in [2.75, 3.05) is 33.4 Å². The van der Waals surface area contributed by atoms with Gasteiger partial charge in [-0.2, -0.15) is 0 Å². The lowest BCUT2D eigenvalue weighted by Crippen LogP contribution is -2.46. The van der Waals surface area contributed by atoms with Gasteiger partial charge in [-0.3, -0.25) is 4.79 Å². The first kappa shape index (κ1) is 20.8. The van der Waals surface area contributed by atoms with E-state index < -0.39 is 0 Å². The lowest BCUT2D eigenvalue weighted by molar-refractivity contribution is 0.0642. The van der Waals surface area contributed by atoms with Gasteiger partial charge >= 0.3 is 0 Å². The zero-order valence-electron chi connectivity index (χ0n) is 16.1. The van der Waals surface area contributed by atoms with Crippen molar-refractivity contribution in [3.05, 3.63) is 22.7 Å². The highest BCUT2D eigenvalue weighted by Crippen LogP contribution is 2.37. The van der Waals surface area contributed by atoms with Crippen LogP contribution in [0, 0.1) is 0 Å². The number of hydrogen-bond donors (Lipinski definition) is 1. The number of halogens is 1. The molecule has 0 aliphatic carbocycles. The van der Waals surface area contributed by atoms with Gasteiger partial charge in [0.05, 0.1) is 18.7 Å². The second kappa shape index (κ2) is 10.6. The molecule has 1 aliphatic rings. The Balaban J connectivity index is 2.24. The summed E-state index contributed by atoms with van der Waals surface area (Å²) >= 11 is 6.42. The number of benzene rings is 1. The number of carbonyl (C=O) groups is 1. The molecule has 0 atom stereocenters. The fourth-order valence-electron chi connectivity index (χ4n) is 3.28. The van der Waals surface area contributed by atoms with Gasteiger partial charge in [-0.25, -0.2) is 0 Å². The lowest BCUT2D eigenvalue weighted by atomic mass is 10.0. The van der Waals surface area contributed by atoms with Crippen molar-refractivity contribution in [3.63, 3.8) is 0 Å². The molecule has 6 heteroatoms. The number of nitrogens with one attached hydrogen (secondary N) is 1. The SMILES string of the molecule is CCCCOc1c(Cl)cc(C(=O)N(CCC)C2CCNCC2)cc1OC. The summed E-state index contributed by atoms with van der Waals surface area (Å²) in [6, 6.07) is 3.73. The number of ether oxygens (including phenoxy) is 2. The van der Waals surface area contributed by atoms with Crippen molar-refractivity contribution in [1.29, 1.82) is 0 Å². The summed E-state index contributed by atoms with van der Waals surface area (Å²) in [6.07, 6.45) is 4.88. The van der Waals surface area contributed by atoms with Crippen molar-refractivity contribution < 1.29 is 14.3 Å². The summed E-state index contributed by atoms with van der Waals surface area (Å²) in [5.41, 5.74) is 0.557. The molecule has 26 heavy (non-hydrogen) atoms. The van der Waals surface area contributed by atoms with E-state index >= 15 is 0 Å². The molecule has 1 amide bonds. The fraction of sp³-hybridized carbons (Fsp3) is 0.650. The third kappa shape index (κ3) is 5.27. The van der Waals surface area contributed by atoms with Gasteiger partial charge in [0.15, 0.2) is 11.5 Å². The van der Waals surface area contributed by atoms with Crippen molar-refractivity contribution in [2.24, 2.45) is 0 Å². The quantitative estimate of drug-likeness (QED) is 0.652. The molecule has 1 fully saturated rings. The van der Waals surface area contributed by atoms with Crippen LogP contribution in [-0.2, 0) is 0 Å². The van der Waals surface area contributed by atoms with Crippen molar-refractivity contribution >= 4 is 17.5 Å². The molecule has 0 bridgehead atoms. The molecule has 1 heterocycles. The van der Waals surface area contributed by atoms with Crippen LogP contribution in [0.2, 0.25) is 5.02 Å². The highest BCUT2D eigenvalue weighted by atomic mass is 35.5. The third-order valence-corrected chi connectivity index (χ3v) is 4.98. The van der Waals surface area contributed by atoms with Crippen LogP contribution < -0.4 is 14.8 Å². The number of hydrogen-bond acceptors (Lipinski definition) is 4. The Labute approximate surface area is 162 Å². The molecular weight excluding hydrogens is 352 g/mol. The minimum atomic E-state index is 0.0130. The van der Waals surface area contributed by atoms with E-state index in [1.165, 1.54) is 0 Å². The predicted octanol–water partition coefficient (Wildman–Crippen LogP) is 4.13. The molecule has 1 N–H and O–H groups in total. The van der Waals surface area contributed by atoms with Crippen molar-refractivity contribution in [3.8, 4) is 11.5 Å². The average molecular weight is 383 g/mol. The van der Waals surface area contributed by atoms with Gasteiger partial charge in [0.25, 0.3) is 5.91 Å². The fourth-order valence-corrected chi connectivity index (χ4v) is 3.54. The summed E-state index contributed by atoms with van der Waals surface area (Å²) in [5, 5.41) is 3.78. The van der Waals surface area contributed by atoms with E-state index in [0.717, 1.165) is 51.7 Å². The molecule has 0 spiro atoms. The Kier molecular flexibility index (Phi) is 8.52. The largest absolute Gasteiger partial charge is 0.493 e. The van der Waals surface area contributed by atoms with Gasteiger partial charge in [0.2, 0.25) is 0 Å². The first-order chi connectivity index (χ1) is 12.6. The number of amides is 1. The summed E-state index contributed by atoms with van der Waals surface area (Å²) in [6.45, 7) is 7.43. The predicted molar refractivity (Wildman–Crippen MR) is 106 cm³/mol. The molecule has 1 saturated heterocycles. The van der Waals surface area contributed by atoms with E-state index in [-0.39, 0.29) is 11.9 Å². The van der Waals surface area contributed by atoms with Crippen LogP contribution in [0.1, 0.15) is 56.3 Å². The molecule has 5 nitrogen and oxygen atoms in total. The Morgan fingerprint density at radius 1 is 1.27 bits per heavy atom. The molecule has 146 valence electrons. The number of carbonyl (C=O) groups excluding carboxylic acids is 1. The van der Waals surface area contributed by atoms with Gasteiger partial charge in [0, 0.05) is 18.2 Å². The summed E-state index contributed by atoms with van der Waals surface area (Å²) < 4.78 is 11.2. The molecule has 0 radical (unpaired) electrons. The molecule has 1 aromatic rings. The molecule has 0 aromatic heterocycles. The van der Waals surface area contributed by atoms with Crippen LogP contribution in [0.4, 0.5) is 0 Å². The Morgan fingerprint density at radius 3 is 2.62 bits per heavy atom. The van der Waals surface area contributed by atoms with Gasteiger partial charge in [-0.15, -0.1) is 0 Å². The maximum atomic E-state index is 13.2. The molecule has 1 aromatic carbocycles. The van der Waals surface area contributed by atoms with E-state index in [1.54, 1.807) is 19.2 Å². The van der Waals surface area contributed by atoms with Crippen LogP contribution in [0.25, 0.3) is 0 Å². The number of piperidine rings is 1. The molecule has 0 unspecified atom stereocenters. The van der Waals surface area contributed by atoms with Crippen LogP contribution in [-0.4, -0.2) is 50.2 Å². The van der Waals surface area contributed by atoms with Gasteiger partial charge in [-0.05, 0) is 50.9 Å². The number of unbranched alkanes of at least 4 members (excludes halogenated alkanes) is 1. The summed E-state index contributed by atoms with van der Waals surface area (Å²) in [4.78, 5) is 15.2. The highest BCUT2D eigenvalue weighted by Gasteiger charge is 2.27. The van der Waals surface area contributed by atoms with E-state index in [4.69, 9.17) is 21.1 Å². The number of nitrogens with zero attached hydrogens (tertiary/aromatic N) is 1. The van der Waals surface area contributed by atoms with E-state index in [9.17, 15) is 4.79 Å². The Bertz CT molecular complexity index is 589. The summed E-state index contributed by atoms with van der Waals surface area (Å²) in [5.74, 6) is 1.04. The minimum Gasteiger partial charge on any atom is -0.493 e. The molecule has 0 saturated carbocycles. The maximum absolute atomic E-state index is 13.2. The monoisotopic (exact) mass is 382 g/mol. The number of rotatable bonds is 9. The topological polar surface area (TPSA) is 50.8 Å². The van der Waals surface area contributed by atoms with Gasteiger partial charge in [0.1, 0.15) is 0 Å². The van der Waals surface area contributed by atoms with Crippen molar-refractivity contribution in [2.45, 2.75) is 52.0 Å². The summed E-state index contributed by atoms with van der Waals surface area (Å²) in [7, 11) is 1.57. The lowest BCUT2D eigenvalue weighted by Gasteiger charge is -2.34. The van der Waals surface area contributed by atoms with Crippen LogP contribution in [0.15, 0.2) is 12.1 Å². The highest BCUT2D eigenvalue weighted by molar-refractivity contribution is 6.32. The third-order valence-electron chi connectivity index (χ3n) is 4.70. The number of methoxy groups -OCH3 is 1. The Morgan fingerprint density at radius 2 is 2.00 bits per heavy atom. The molecular formula is C20H31ClN2O3. The molecule has 2 rings (SSSR count). The van der Waals surface area contributed by atoms with E-state index in [2.05, 4.69) is 19.2 Å². The second-order valence-corrected chi connectivity index (χ2v) is 7.08. The first-order valence-electron chi connectivity index (χ1n) is 9.64. The van der Waals surface area contributed by atoms with Crippen LogP contribution >= 0.6 is 11.6 Å². The second-order valence-electron chi connectivity index (χ2n) is 6.67. The van der Waals surface area contributed by atoms with Gasteiger partial charge in [-0.1, -0.05) is 31.9 Å². The zero-order chi connectivity index (χ0) is 18.9. The van der Waals surface area contributed by atoms with E-state index in [1.807, 2.05) is 4.90 Å². The first-order valence-corrected chi connectivity index (χ1v) is 10.0. The van der Waals surface area contributed by atoms with Crippen LogP contribution in [0.5, 0.6) is 11.5 Å². The Hall–Kier alpha value is -1.46. The van der Waals surface area contributed by atoms with Gasteiger partial charge < -0.3 is 19.7 Å².